The lowest BCUT2D eigenvalue weighted by molar-refractivity contribution is 0.133. The highest BCUT2D eigenvalue weighted by molar-refractivity contribution is 5.50. The summed E-state index contributed by atoms with van der Waals surface area (Å²) in [5, 5.41) is 8.94. The summed E-state index contributed by atoms with van der Waals surface area (Å²) in [6.07, 6.45) is 2.31. The second-order valence-electron chi connectivity index (χ2n) is 5.15. The first-order valence-corrected chi connectivity index (χ1v) is 6.11. The van der Waals surface area contributed by atoms with E-state index in [1.165, 1.54) is 6.26 Å². The molecule has 1 aromatic heterocycles. The molecule has 1 aromatic carbocycles. The van der Waals surface area contributed by atoms with Crippen LogP contribution in [0.15, 0.2) is 28.9 Å². The molecule has 0 saturated carbocycles. The zero-order valence-electron chi connectivity index (χ0n) is 10.8. The van der Waals surface area contributed by atoms with E-state index in [0.717, 1.165) is 17.7 Å². The highest BCUT2D eigenvalue weighted by Gasteiger charge is 2.32. The van der Waals surface area contributed by atoms with Gasteiger partial charge < -0.3 is 19.0 Å². The molecule has 0 fully saturated rings. The molecule has 19 heavy (non-hydrogen) atoms. The van der Waals surface area contributed by atoms with Gasteiger partial charge in [0.25, 0.3) is 0 Å². The molecule has 1 aliphatic heterocycles. The van der Waals surface area contributed by atoms with Crippen molar-refractivity contribution in [2.45, 2.75) is 32.5 Å². The number of hydrogen-bond donors (Lipinski definition) is 1. The van der Waals surface area contributed by atoms with Crippen molar-refractivity contribution in [3.63, 3.8) is 0 Å². The van der Waals surface area contributed by atoms with Crippen LogP contribution >= 0.6 is 0 Å². The van der Waals surface area contributed by atoms with Crippen molar-refractivity contribution in [3.05, 3.63) is 35.7 Å². The van der Waals surface area contributed by atoms with E-state index in [1.54, 1.807) is 0 Å². The number of aliphatic hydroxyl groups is 1. The van der Waals surface area contributed by atoms with Gasteiger partial charge in [-0.3, -0.25) is 0 Å². The second kappa shape index (κ2) is 4.28. The van der Waals surface area contributed by atoms with Crippen LogP contribution in [0.1, 0.15) is 25.1 Å². The Morgan fingerprint density at radius 1 is 1.42 bits per heavy atom. The Bertz CT molecular complexity index is 603. The molecular formula is C14H15NO4. The average Bonchev–Trinajstić information content (AvgIpc) is 2.92. The summed E-state index contributed by atoms with van der Waals surface area (Å²) < 4.78 is 16.6. The first-order chi connectivity index (χ1) is 9.07. The second-order valence-corrected chi connectivity index (χ2v) is 5.15. The number of fused-ring (bicyclic) bond motifs is 1. The molecule has 0 saturated heterocycles. The first-order valence-electron chi connectivity index (χ1n) is 6.11. The molecule has 1 aliphatic rings. The number of ether oxygens (including phenoxy) is 2. The van der Waals surface area contributed by atoms with Crippen LogP contribution < -0.4 is 9.47 Å². The third kappa shape index (κ3) is 2.29. The van der Waals surface area contributed by atoms with E-state index in [0.29, 0.717) is 11.4 Å². The van der Waals surface area contributed by atoms with Gasteiger partial charge in [-0.25, -0.2) is 0 Å². The number of oxazole rings is 1. The maximum Gasteiger partial charge on any atom is 0.399 e. The number of aromatic nitrogens is 1. The van der Waals surface area contributed by atoms with E-state index >= 15 is 0 Å². The van der Waals surface area contributed by atoms with Crippen molar-refractivity contribution in [1.82, 2.24) is 4.98 Å². The van der Waals surface area contributed by atoms with Crippen molar-refractivity contribution in [3.8, 4) is 17.6 Å². The van der Waals surface area contributed by atoms with Gasteiger partial charge in [-0.2, -0.15) is 4.98 Å². The quantitative estimate of drug-likeness (QED) is 0.920. The van der Waals surface area contributed by atoms with E-state index in [9.17, 15) is 0 Å². The fourth-order valence-corrected chi connectivity index (χ4v) is 2.17. The largest absolute Gasteiger partial charge is 0.483 e. The number of benzene rings is 1. The van der Waals surface area contributed by atoms with Crippen LogP contribution in [0.25, 0.3) is 0 Å². The topological polar surface area (TPSA) is 64.7 Å². The predicted octanol–water partition coefficient (Wildman–Crippen LogP) is 2.67. The summed E-state index contributed by atoms with van der Waals surface area (Å²) >= 11 is 0. The van der Waals surface area contributed by atoms with Crippen LogP contribution in [0.2, 0.25) is 0 Å². The van der Waals surface area contributed by atoms with Crippen LogP contribution in [-0.2, 0) is 13.0 Å². The van der Waals surface area contributed by atoms with E-state index in [1.807, 2.05) is 32.0 Å². The summed E-state index contributed by atoms with van der Waals surface area (Å²) in [5.41, 5.74) is 1.31. The van der Waals surface area contributed by atoms with Crippen molar-refractivity contribution < 1.29 is 19.0 Å². The Labute approximate surface area is 110 Å². The summed E-state index contributed by atoms with van der Waals surface area (Å²) in [6.45, 7) is 3.89. The van der Waals surface area contributed by atoms with Gasteiger partial charge in [-0.1, -0.05) is 12.1 Å². The monoisotopic (exact) mass is 261 g/mol. The lowest BCUT2D eigenvalue weighted by atomic mass is 10.0. The summed E-state index contributed by atoms with van der Waals surface area (Å²) in [5.74, 6) is 1.31. The number of para-hydroxylation sites is 1. The molecule has 0 aliphatic carbocycles. The molecule has 100 valence electrons. The van der Waals surface area contributed by atoms with Gasteiger partial charge in [0.05, 0.1) is 6.61 Å². The molecule has 0 radical (unpaired) electrons. The molecule has 3 rings (SSSR count). The highest BCUT2D eigenvalue weighted by Crippen LogP contribution is 2.43. The lowest BCUT2D eigenvalue weighted by Crippen LogP contribution is -2.24. The molecule has 2 heterocycles. The van der Waals surface area contributed by atoms with E-state index < -0.39 is 0 Å². The average molecular weight is 261 g/mol. The Hall–Kier alpha value is -2.01. The van der Waals surface area contributed by atoms with E-state index in [2.05, 4.69) is 4.98 Å². The Balaban J connectivity index is 1.89. The number of nitrogens with zero attached hydrogens (tertiary/aromatic N) is 1. The maximum atomic E-state index is 8.94. The molecular weight excluding hydrogens is 246 g/mol. The zero-order valence-corrected chi connectivity index (χ0v) is 10.8. The zero-order chi connectivity index (χ0) is 13.5. The van der Waals surface area contributed by atoms with Gasteiger partial charge in [0.2, 0.25) is 0 Å². The van der Waals surface area contributed by atoms with E-state index in [4.69, 9.17) is 19.0 Å². The van der Waals surface area contributed by atoms with Gasteiger partial charge in [0.15, 0.2) is 11.5 Å². The summed E-state index contributed by atoms with van der Waals surface area (Å²) in [4.78, 5) is 3.99. The standard InChI is InChI=1S/C14H15NO4/c1-14(2)6-9-4-3-5-11(12(9)19-14)18-13-15-10(7-16)8-17-13/h3-5,8,16H,6-7H2,1-2H3. The fourth-order valence-electron chi connectivity index (χ4n) is 2.17. The van der Waals surface area contributed by atoms with Gasteiger partial charge in [-0.15, -0.1) is 0 Å². The number of aliphatic hydroxyl groups excluding tert-OH is 1. The Morgan fingerprint density at radius 3 is 3.00 bits per heavy atom. The molecule has 5 nitrogen and oxygen atoms in total. The SMILES string of the molecule is CC1(C)Cc2cccc(Oc3nc(CO)co3)c2O1. The summed E-state index contributed by atoms with van der Waals surface area (Å²) in [6, 6.07) is 5.74. The molecule has 0 spiro atoms. The molecule has 5 heteroatoms. The minimum Gasteiger partial charge on any atom is -0.483 e. The van der Waals surface area contributed by atoms with Gasteiger partial charge >= 0.3 is 6.08 Å². The van der Waals surface area contributed by atoms with Crippen LogP contribution in [-0.4, -0.2) is 15.7 Å². The minimum atomic E-state index is -0.228. The Morgan fingerprint density at radius 2 is 2.26 bits per heavy atom. The smallest absolute Gasteiger partial charge is 0.399 e. The number of hydrogen-bond acceptors (Lipinski definition) is 5. The van der Waals surface area contributed by atoms with Crippen LogP contribution in [0.5, 0.6) is 17.6 Å². The van der Waals surface area contributed by atoms with Crippen molar-refractivity contribution in [1.29, 1.82) is 0 Å². The maximum absolute atomic E-state index is 8.94. The van der Waals surface area contributed by atoms with Crippen molar-refractivity contribution >= 4 is 0 Å². The normalized spacial score (nSPS) is 15.9. The lowest BCUT2D eigenvalue weighted by Gasteiger charge is -2.17. The molecule has 1 N–H and O–H groups in total. The first kappa shape index (κ1) is 12.0. The number of rotatable bonds is 3. The highest BCUT2D eigenvalue weighted by atomic mass is 16.6. The fraction of sp³-hybridized carbons (Fsp3) is 0.357. The molecule has 0 atom stereocenters. The molecule has 0 unspecified atom stereocenters. The van der Waals surface area contributed by atoms with Crippen LogP contribution in [0, 0.1) is 0 Å². The van der Waals surface area contributed by atoms with Gasteiger partial charge in [0, 0.05) is 12.0 Å². The van der Waals surface area contributed by atoms with Gasteiger partial charge in [-0.05, 0) is 19.9 Å². The third-order valence-electron chi connectivity index (χ3n) is 2.94. The van der Waals surface area contributed by atoms with Gasteiger partial charge in [0.1, 0.15) is 17.6 Å². The van der Waals surface area contributed by atoms with Crippen molar-refractivity contribution in [2.75, 3.05) is 0 Å². The van der Waals surface area contributed by atoms with Crippen molar-refractivity contribution in [2.24, 2.45) is 0 Å². The third-order valence-corrected chi connectivity index (χ3v) is 2.94. The molecule has 2 aromatic rings. The molecule has 0 amide bonds. The molecule has 0 bridgehead atoms. The van der Waals surface area contributed by atoms with Crippen LogP contribution in [0.3, 0.4) is 0 Å². The minimum absolute atomic E-state index is 0.103. The Kier molecular flexibility index (Phi) is 2.71. The predicted molar refractivity (Wildman–Crippen MR) is 67.4 cm³/mol. The summed E-state index contributed by atoms with van der Waals surface area (Å²) in [7, 11) is 0. The van der Waals surface area contributed by atoms with Crippen LogP contribution in [0.4, 0.5) is 0 Å². The van der Waals surface area contributed by atoms with E-state index in [-0.39, 0.29) is 18.3 Å².